The Bertz CT molecular complexity index is 486. The van der Waals surface area contributed by atoms with Gasteiger partial charge in [0.15, 0.2) is 6.29 Å². The molecule has 0 saturated carbocycles. The molecule has 1 aromatic rings. The van der Waals surface area contributed by atoms with Crippen LogP contribution in [-0.4, -0.2) is 29.5 Å². The molecular weight excluding hydrogens is 292 g/mol. The number of nitrogens with one attached hydrogen (secondary N) is 1. The van der Waals surface area contributed by atoms with Crippen LogP contribution in [0.3, 0.4) is 0 Å². The summed E-state index contributed by atoms with van der Waals surface area (Å²) in [5.41, 5.74) is 0.0759. The van der Waals surface area contributed by atoms with E-state index in [-0.39, 0.29) is 12.0 Å². The highest BCUT2D eigenvalue weighted by Gasteiger charge is 2.33. The van der Waals surface area contributed by atoms with Crippen molar-refractivity contribution >= 4 is 22.5 Å². The van der Waals surface area contributed by atoms with Gasteiger partial charge in [0.2, 0.25) is 0 Å². The maximum atomic E-state index is 10.3. The van der Waals surface area contributed by atoms with Crippen molar-refractivity contribution in [1.82, 2.24) is 0 Å². The van der Waals surface area contributed by atoms with E-state index in [1.807, 2.05) is 0 Å². The number of ether oxygens (including phenoxy) is 2. The van der Waals surface area contributed by atoms with Crippen molar-refractivity contribution in [3.8, 4) is 0 Å². The third-order valence-corrected chi connectivity index (χ3v) is 4.06. The zero-order chi connectivity index (χ0) is 15.2. The highest BCUT2D eigenvalue weighted by atomic mass is 32.2. The Morgan fingerprint density at radius 1 is 1.29 bits per heavy atom. The zero-order valence-electron chi connectivity index (χ0n) is 11.8. The second-order valence-corrected chi connectivity index (χ2v) is 6.14. The second-order valence-electron chi connectivity index (χ2n) is 4.86. The predicted molar refractivity (Wildman–Crippen MR) is 80.8 cm³/mol. The van der Waals surface area contributed by atoms with Crippen molar-refractivity contribution in [2.24, 2.45) is 5.92 Å². The third kappa shape index (κ3) is 4.80. The van der Waals surface area contributed by atoms with Gasteiger partial charge in [0.25, 0.3) is 5.69 Å². The second kappa shape index (κ2) is 7.53. The number of nitro groups is 1. The van der Waals surface area contributed by atoms with E-state index in [1.54, 1.807) is 19.1 Å². The monoisotopic (exact) mass is 310 g/mol. The van der Waals surface area contributed by atoms with Crippen LogP contribution in [0, 0.1) is 21.4 Å². The molecule has 2 aliphatic heterocycles. The first-order valence-corrected chi connectivity index (χ1v) is 7.58. The minimum absolute atomic E-state index is 0.0759. The molecule has 3 rings (SSSR count). The molecule has 2 heterocycles. The molecule has 7 heteroatoms. The number of non-ortho nitro benzene ring substituents is 1. The summed E-state index contributed by atoms with van der Waals surface area (Å²) in [6.45, 7) is 3.50. The number of fused-ring (bicyclic) bond motifs is 1. The lowest BCUT2D eigenvalue weighted by atomic mass is 10.1. The Labute approximate surface area is 127 Å². The van der Waals surface area contributed by atoms with Crippen LogP contribution in [0.1, 0.15) is 19.8 Å². The van der Waals surface area contributed by atoms with Crippen molar-refractivity contribution in [2.75, 3.05) is 13.2 Å². The summed E-state index contributed by atoms with van der Waals surface area (Å²) >= 11 is 1.28. The SMILES string of the molecule is C1CC2CCOC2O1.CC(=N)Sc1ccc([N+](=O)[O-])cc1. The maximum absolute atomic E-state index is 10.3. The fourth-order valence-corrected chi connectivity index (χ4v) is 2.85. The van der Waals surface area contributed by atoms with Gasteiger partial charge in [0.1, 0.15) is 0 Å². The van der Waals surface area contributed by atoms with Gasteiger partial charge >= 0.3 is 0 Å². The first-order chi connectivity index (χ1) is 10.1. The van der Waals surface area contributed by atoms with Gasteiger partial charge in [0.05, 0.1) is 23.2 Å². The van der Waals surface area contributed by atoms with Gasteiger partial charge in [-0.05, 0) is 31.9 Å². The van der Waals surface area contributed by atoms with Crippen molar-refractivity contribution in [1.29, 1.82) is 5.41 Å². The molecule has 1 N–H and O–H groups in total. The minimum atomic E-state index is -0.439. The van der Waals surface area contributed by atoms with Crippen LogP contribution >= 0.6 is 11.8 Å². The van der Waals surface area contributed by atoms with Crippen LogP contribution in [0.5, 0.6) is 0 Å². The smallest absolute Gasteiger partial charge is 0.269 e. The Kier molecular flexibility index (Phi) is 5.72. The fraction of sp³-hybridized carbons (Fsp3) is 0.500. The molecule has 1 aromatic carbocycles. The van der Waals surface area contributed by atoms with E-state index in [0.717, 1.165) is 24.0 Å². The lowest BCUT2D eigenvalue weighted by Crippen LogP contribution is -2.08. The summed E-state index contributed by atoms with van der Waals surface area (Å²) in [6, 6.07) is 6.15. The molecular formula is C14H18N2O4S. The molecule has 0 aromatic heterocycles. The average molecular weight is 310 g/mol. The quantitative estimate of drug-likeness (QED) is 0.297. The van der Waals surface area contributed by atoms with E-state index in [1.165, 1.54) is 36.7 Å². The summed E-state index contributed by atoms with van der Waals surface area (Å²) < 4.78 is 10.5. The zero-order valence-corrected chi connectivity index (χ0v) is 12.6. The van der Waals surface area contributed by atoms with Gasteiger partial charge < -0.3 is 9.47 Å². The molecule has 0 amide bonds. The molecule has 0 spiro atoms. The molecule has 0 bridgehead atoms. The predicted octanol–water partition coefficient (Wildman–Crippen LogP) is 3.45. The molecule has 2 fully saturated rings. The van der Waals surface area contributed by atoms with Crippen LogP contribution in [0.15, 0.2) is 29.2 Å². The number of nitro benzene ring substituents is 1. The first-order valence-electron chi connectivity index (χ1n) is 6.77. The maximum Gasteiger partial charge on any atom is 0.269 e. The molecule has 21 heavy (non-hydrogen) atoms. The lowest BCUT2D eigenvalue weighted by Gasteiger charge is -2.03. The van der Waals surface area contributed by atoms with Crippen molar-refractivity contribution < 1.29 is 14.4 Å². The summed E-state index contributed by atoms with van der Waals surface area (Å²) in [6.07, 6.45) is 2.60. The molecule has 6 nitrogen and oxygen atoms in total. The van der Waals surface area contributed by atoms with Crippen LogP contribution in [0.4, 0.5) is 5.69 Å². The fourth-order valence-electron chi connectivity index (χ4n) is 2.22. The molecule has 0 aliphatic carbocycles. The van der Waals surface area contributed by atoms with Crippen molar-refractivity contribution in [3.05, 3.63) is 34.4 Å². The van der Waals surface area contributed by atoms with Crippen LogP contribution in [0.25, 0.3) is 0 Å². The van der Waals surface area contributed by atoms with E-state index in [2.05, 4.69) is 0 Å². The molecule has 0 radical (unpaired) electrons. The summed E-state index contributed by atoms with van der Waals surface area (Å²) in [4.78, 5) is 10.7. The summed E-state index contributed by atoms with van der Waals surface area (Å²) in [5.74, 6) is 0.731. The lowest BCUT2D eigenvalue weighted by molar-refractivity contribution is -0.384. The normalized spacial score (nSPS) is 23.1. The van der Waals surface area contributed by atoms with Gasteiger partial charge in [0, 0.05) is 22.9 Å². The molecule has 2 saturated heterocycles. The number of benzene rings is 1. The first kappa shape index (κ1) is 15.9. The number of thioether (sulfide) groups is 1. The van der Waals surface area contributed by atoms with Crippen LogP contribution in [-0.2, 0) is 9.47 Å². The Hall–Kier alpha value is -1.44. The average Bonchev–Trinajstić information content (AvgIpc) is 3.02. The number of hydrogen-bond acceptors (Lipinski definition) is 6. The number of rotatable bonds is 2. The molecule has 0 atom stereocenters. The van der Waals surface area contributed by atoms with Gasteiger partial charge in [-0.2, -0.15) is 0 Å². The standard InChI is InChI=1S/C8H8N2O2S.C6H10O2/c1-6(9)13-8-4-2-7(3-5-8)10(11)12;1-3-7-6-5(1)2-4-8-6/h2-5,9H,1H3;5-6H,1-4H2. The van der Waals surface area contributed by atoms with Crippen LogP contribution < -0.4 is 0 Å². The molecule has 2 aliphatic rings. The van der Waals surface area contributed by atoms with Gasteiger partial charge in [-0.15, -0.1) is 0 Å². The minimum Gasteiger partial charge on any atom is -0.352 e. The van der Waals surface area contributed by atoms with Gasteiger partial charge in [-0.1, -0.05) is 11.8 Å². The highest BCUT2D eigenvalue weighted by molar-refractivity contribution is 8.13. The highest BCUT2D eigenvalue weighted by Crippen LogP contribution is 2.30. The summed E-state index contributed by atoms with van der Waals surface area (Å²) in [7, 11) is 0. The molecule has 114 valence electrons. The Morgan fingerprint density at radius 2 is 1.86 bits per heavy atom. The van der Waals surface area contributed by atoms with Gasteiger partial charge in [-0.3, -0.25) is 15.5 Å². The number of nitrogens with zero attached hydrogens (tertiary/aromatic N) is 1. The molecule has 0 unspecified atom stereocenters. The van der Waals surface area contributed by atoms with E-state index in [0.29, 0.717) is 5.04 Å². The Balaban J connectivity index is 0.000000170. The van der Waals surface area contributed by atoms with Crippen LogP contribution in [0.2, 0.25) is 0 Å². The van der Waals surface area contributed by atoms with E-state index in [9.17, 15) is 10.1 Å². The number of hydrogen-bond donors (Lipinski definition) is 1. The van der Waals surface area contributed by atoms with Crippen molar-refractivity contribution in [3.63, 3.8) is 0 Å². The van der Waals surface area contributed by atoms with Crippen molar-refractivity contribution in [2.45, 2.75) is 31.0 Å². The topological polar surface area (TPSA) is 85.5 Å². The third-order valence-electron chi connectivity index (χ3n) is 3.24. The largest absolute Gasteiger partial charge is 0.352 e. The van der Waals surface area contributed by atoms with E-state index in [4.69, 9.17) is 14.9 Å². The Morgan fingerprint density at radius 3 is 2.29 bits per heavy atom. The van der Waals surface area contributed by atoms with E-state index >= 15 is 0 Å². The summed E-state index contributed by atoms with van der Waals surface area (Å²) in [5, 5.41) is 18.0. The van der Waals surface area contributed by atoms with Gasteiger partial charge in [-0.25, -0.2) is 0 Å². The van der Waals surface area contributed by atoms with E-state index < -0.39 is 4.92 Å².